The number of aromatic nitrogens is 2. The van der Waals surface area contributed by atoms with E-state index in [1.807, 2.05) is 37.3 Å². The summed E-state index contributed by atoms with van der Waals surface area (Å²) in [6, 6.07) is 8.98. The summed E-state index contributed by atoms with van der Waals surface area (Å²) in [4.78, 5) is 12.8. The Morgan fingerprint density at radius 2 is 2.15 bits per heavy atom. The van der Waals surface area contributed by atoms with Crippen molar-refractivity contribution < 1.29 is 9.90 Å². The van der Waals surface area contributed by atoms with Crippen LogP contribution < -0.4 is 5.32 Å². The lowest BCUT2D eigenvalue weighted by molar-refractivity contribution is 0.0919. The second kappa shape index (κ2) is 7.12. The number of carbonyl (C=O) groups excluding carboxylic acids is 1. The number of rotatable bonds is 6. The summed E-state index contributed by atoms with van der Waals surface area (Å²) in [5.41, 5.74) is 1.60. The Hall–Kier alpha value is -1.79. The van der Waals surface area contributed by atoms with E-state index in [4.69, 9.17) is 0 Å². The van der Waals surface area contributed by atoms with Crippen LogP contribution >= 0.6 is 11.5 Å². The van der Waals surface area contributed by atoms with E-state index in [-0.39, 0.29) is 12.5 Å². The number of nitrogens with one attached hydrogen (secondary N) is 1. The average Bonchev–Trinajstić information content (AvgIpc) is 2.94. The summed E-state index contributed by atoms with van der Waals surface area (Å²) in [7, 11) is 0. The first kappa shape index (κ1) is 14.6. The highest BCUT2D eigenvalue weighted by Gasteiger charge is 2.19. The predicted octanol–water partition coefficient (Wildman–Crippen LogP) is 1.95. The largest absolute Gasteiger partial charge is 0.394 e. The maximum atomic E-state index is 12.3. The Kier molecular flexibility index (Phi) is 5.20. The van der Waals surface area contributed by atoms with E-state index in [9.17, 15) is 9.90 Å². The zero-order valence-corrected chi connectivity index (χ0v) is 12.1. The van der Waals surface area contributed by atoms with Gasteiger partial charge in [-0.1, -0.05) is 48.2 Å². The van der Waals surface area contributed by atoms with Crippen LogP contribution in [-0.4, -0.2) is 27.2 Å². The zero-order valence-electron chi connectivity index (χ0n) is 11.2. The summed E-state index contributed by atoms with van der Waals surface area (Å²) in [5, 5.41) is 16.3. The SMILES string of the molecule is CCCc1nnsc1C(=O)N[C@@H](CO)c1ccccc1. The second-order valence-corrected chi connectivity index (χ2v) is 5.17. The molecule has 2 aromatic rings. The minimum absolute atomic E-state index is 0.148. The molecular formula is C14H17N3O2S. The van der Waals surface area contributed by atoms with Crippen molar-refractivity contribution in [2.24, 2.45) is 0 Å². The molecule has 1 amide bonds. The molecule has 0 bridgehead atoms. The van der Waals surface area contributed by atoms with Gasteiger partial charge < -0.3 is 10.4 Å². The van der Waals surface area contributed by atoms with Gasteiger partial charge in [0.1, 0.15) is 4.88 Å². The molecular weight excluding hydrogens is 274 g/mol. The molecule has 5 nitrogen and oxygen atoms in total. The number of carbonyl (C=O) groups is 1. The Labute approximate surface area is 121 Å². The number of aliphatic hydroxyl groups excluding tert-OH is 1. The molecule has 106 valence electrons. The third-order valence-corrected chi connectivity index (χ3v) is 3.71. The Morgan fingerprint density at radius 1 is 1.40 bits per heavy atom. The summed E-state index contributed by atoms with van der Waals surface area (Å²) in [6.07, 6.45) is 1.64. The smallest absolute Gasteiger partial charge is 0.265 e. The summed E-state index contributed by atoms with van der Waals surface area (Å²) in [6.45, 7) is 1.88. The minimum Gasteiger partial charge on any atom is -0.394 e. The molecule has 2 rings (SSSR count). The fourth-order valence-corrected chi connectivity index (χ4v) is 2.54. The quantitative estimate of drug-likeness (QED) is 0.853. The molecule has 0 spiro atoms. The number of nitrogens with zero attached hydrogens (tertiary/aromatic N) is 2. The van der Waals surface area contributed by atoms with Crippen LogP contribution in [0.2, 0.25) is 0 Å². The first-order chi connectivity index (χ1) is 9.76. The van der Waals surface area contributed by atoms with Gasteiger partial charge in [0.15, 0.2) is 0 Å². The van der Waals surface area contributed by atoms with Crippen LogP contribution in [0.1, 0.15) is 40.3 Å². The number of hydrogen-bond acceptors (Lipinski definition) is 5. The highest BCUT2D eigenvalue weighted by molar-refractivity contribution is 7.08. The van der Waals surface area contributed by atoms with Gasteiger partial charge in [0.25, 0.3) is 5.91 Å². The van der Waals surface area contributed by atoms with Crippen molar-refractivity contribution >= 4 is 17.4 Å². The van der Waals surface area contributed by atoms with Crippen LogP contribution in [-0.2, 0) is 6.42 Å². The lowest BCUT2D eigenvalue weighted by Gasteiger charge is -2.16. The van der Waals surface area contributed by atoms with E-state index >= 15 is 0 Å². The fraction of sp³-hybridized carbons (Fsp3) is 0.357. The summed E-state index contributed by atoms with van der Waals surface area (Å²) in [5.74, 6) is -0.230. The summed E-state index contributed by atoms with van der Waals surface area (Å²) < 4.78 is 3.84. The zero-order chi connectivity index (χ0) is 14.4. The Balaban J connectivity index is 2.11. The first-order valence-corrected chi connectivity index (χ1v) is 7.31. The van der Waals surface area contributed by atoms with Gasteiger partial charge in [0.2, 0.25) is 0 Å². The van der Waals surface area contributed by atoms with Crippen LogP contribution in [0.25, 0.3) is 0 Å². The van der Waals surface area contributed by atoms with Crippen molar-refractivity contribution in [3.63, 3.8) is 0 Å². The first-order valence-electron chi connectivity index (χ1n) is 6.54. The third kappa shape index (κ3) is 3.40. The molecule has 0 saturated heterocycles. The third-order valence-electron chi connectivity index (χ3n) is 2.94. The lowest BCUT2D eigenvalue weighted by Crippen LogP contribution is -2.30. The molecule has 1 aromatic carbocycles. The topological polar surface area (TPSA) is 75.1 Å². The van der Waals surface area contributed by atoms with Crippen molar-refractivity contribution in [3.8, 4) is 0 Å². The van der Waals surface area contributed by atoms with E-state index in [0.29, 0.717) is 4.88 Å². The highest BCUT2D eigenvalue weighted by atomic mass is 32.1. The number of benzene rings is 1. The molecule has 0 aliphatic carbocycles. The molecule has 0 aliphatic heterocycles. The lowest BCUT2D eigenvalue weighted by atomic mass is 10.1. The fourth-order valence-electron chi connectivity index (χ4n) is 1.92. The van der Waals surface area contributed by atoms with Gasteiger partial charge in [0.05, 0.1) is 18.3 Å². The molecule has 6 heteroatoms. The van der Waals surface area contributed by atoms with Crippen LogP contribution in [0.4, 0.5) is 0 Å². The number of hydrogen-bond donors (Lipinski definition) is 2. The van der Waals surface area contributed by atoms with Crippen LogP contribution in [0, 0.1) is 0 Å². The van der Waals surface area contributed by atoms with Crippen LogP contribution in [0.5, 0.6) is 0 Å². The van der Waals surface area contributed by atoms with Gasteiger partial charge in [-0.3, -0.25) is 4.79 Å². The number of aliphatic hydroxyl groups is 1. The normalized spacial score (nSPS) is 12.1. The van der Waals surface area contributed by atoms with Crippen molar-refractivity contribution in [2.45, 2.75) is 25.8 Å². The van der Waals surface area contributed by atoms with Crippen molar-refractivity contribution in [1.29, 1.82) is 0 Å². The van der Waals surface area contributed by atoms with E-state index in [1.165, 1.54) is 0 Å². The molecule has 1 aromatic heterocycles. The molecule has 1 heterocycles. The standard InChI is InChI=1S/C14H17N3O2S/c1-2-6-11-13(20-17-16-11)14(19)15-12(9-18)10-7-4-3-5-8-10/h3-5,7-8,12,18H,2,6,9H2,1H3,(H,15,19)/t12-/m0/s1. The molecule has 0 unspecified atom stereocenters. The molecule has 0 radical (unpaired) electrons. The predicted molar refractivity (Wildman–Crippen MR) is 77.6 cm³/mol. The van der Waals surface area contributed by atoms with Gasteiger partial charge in [-0.15, -0.1) is 5.10 Å². The number of aryl methyl sites for hydroxylation is 1. The Morgan fingerprint density at radius 3 is 2.80 bits per heavy atom. The summed E-state index contributed by atoms with van der Waals surface area (Å²) >= 11 is 1.09. The molecule has 0 fully saturated rings. The Bertz CT molecular complexity index is 557. The van der Waals surface area contributed by atoms with Crippen molar-refractivity contribution in [3.05, 3.63) is 46.5 Å². The number of amides is 1. The van der Waals surface area contributed by atoms with Gasteiger partial charge in [-0.05, 0) is 23.5 Å². The highest BCUT2D eigenvalue weighted by Crippen LogP contribution is 2.16. The minimum atomic E-state index is -0.416. The van der Waals surface area contributed by atoms with E-state index in [0.717, 1.165) is 35.6 Å². The maximum Gasteiger partial charge on any atom is 0.265 e. The van der Waals surface area contributed by atoms with E-state index in [2.05, 4.69) is 14.9 Å². The van der Waals surface area contributed by atoms with Crippen LogP contribution in [0.15, 0.2) is 30.3 Å². The molecule has 0 saturated carbocycles. The monoisotopic (exact) mass is 291 g/mol. The van der Waals surface area contributed by atoms with Gasteiger partial charge in [0, 0.05) is 0 Å². The molecule has 0 aliphatic rings. The van der Waals surface area contributed by atoms with Gasteiger partial charge >= 0.3 is 0 Å². The van der Waals surface area contributed by atoms with Gasteiger partial charge in [-0.25, -0.2) is 0 Å². The maximum absolute atomic E-state index is 12.3. The van der Waals surface area contributed by atoms with E-state index in [1.54, 1.807) is 0 Å². The van der Waals surface area contributed by atoms with Gasteiger partial charge in [-0.2, -0.15) is 0 Å². The van der Waals surface area contributed by atoms with Crippen LogP contribution in [0.3, 0.4) is 0 Å². The van der Waals surface area contributed by atoms with Crippen molar-refractivity contribution in [1.82, 2.24) is 14.9 Å². The molecule has 1 atom stereocenters. The van der Waals surface area contributed by atoms with E-state index < -0.39 is 6.04 Å². The molecule has 2 N–H and O–H groups in total. The molecule has 20 heavy (non-hydrogen) atoms. The average molecular weight is 291 g/mol. The second-order valence-electron chi connectivity index (χ2n) is 4.42. The van der Waals surface area contributed by atoms with Crippen molar-refractivity contribution in [2.75, 3.05) is 6.61 Å².